The van der Waals surface area contributed by atoms with Gasteiger partial charge in [-0.25, -0.2) is 0 Å². The second-order valence-corrected chi connectivity index (χ2v) is 6.35. The second-order valence-electron chi connectivity index (χ2n) is 5.91. The third-order valence-corrected chi connectivity index (χ3v) is 2.93. The van der Waals surface area contributed by atoms with Gasteiger partial charge >= 0.3 is 0 Å². The number of halogens is 2. The zero-order valence-electron chi connectivity index (χ0n) is 13.3. The number of benzene rings is 1. The fraction of sp³-hybridized carbons (Fsp3) is 0.400. The molecular formula is C15H21ClIN5O. The maximum atomic E-state index is 5.85. The lowest BCUT2D eigenvalue weighted by molar-refractivity contribution is 0.380. The second kappa shape index (κ2) is 8.49. The SMILES string of the molecule is CC(C)(C)NC(N)=NCCc1nc(-c2ccc(Cl)cc2)no1.I. The Balaban J connectivity index is 0.00000264. The molecule has 0 atom stereocenters. The average molecular weight is 450 g/mol. The van der Waals surface area contributed by atoms with Crippen molar-refractivity contribution in [1.82, 2.24) is 15.5 Å². The van der Waals surface area contributed by atoms with Crippen LogP contribution in [0.3, 0.4) is 0 Å². The number of aromatic nitrogens is 2. The molecule has 0 aliphatic rings. The van der Waals surface area contributed by atoms with Gasteiger partial charge in [-0.1, -0.05) is 16.8 Å². The Morgan fingerprint density at radius 3 is 2.57 bits per heavy atom. The smallest absolute Gasteiger partial charge is 0.228 e. The minimum absolute atomic E-state index is 0. The molecule has 0 saturated heterocycles. The van der Waals surface area contributed by atoms with Crippen LogP contribution in [0, 0.1) is 0 Å². The molecule has 0 saturated carbocycles. The first-order chi connectivity index (χ1) is 10.3. The number of guanidine groups is 1. The lowest BCUT2D eigenvalue weighted by Gasteiger charge is -2.20. The van der Waals surface area contributed by atoms with Crippen LogP contribution in [0.1, 0.15) is 26.7 Å². The van der Waals surface area contributed by atoms with E-state index in [0.717, 1.165) is 5.56 Å². The first-order valence-electron chi connectivity index (χ1n) is 7.00. The molecule has 1 aromatic heterocycles. The highest BCUT2D eigenvalue weighted by atomic mass is 127. The van der Waals surface area contributed by atoms with E-state index in [4.69, 9.17) is 21.9 Å². The summed E-state index contributed by atoms with van der Waals surface area (Å²) in [4.78, 5) is 8.57. The molecule has 0 fully saturated rings. The molecule has 3 N–H and O–H groups in total. The summed E-state index contributed by atoms with van der Waals surface area (Å²) in [7, 11) is 0. The summed E-state index contributed by atoms with van der Waals surface area (Å²) in [6.45, 7) is 6.54. The number of rotatable bonds is 4. The van der Waals surface area contributed by atoms with E-state index in [2.05, 4.69) is 20.4 Å². The van der Waals surface area contributed by atoms with Crippen molar-refractivity contribution in [1.29, 1.82) is 0 Å². The molecule has 1 heterocycles. The van der Waals surface area contributed by atoms with Crippen LogP contribution in [0.25, 0.3) is 11.4 Å². The highest BCUT2D eigenvalue weighted by molar-refractivity contribution is 14.0. The number of nitrogens with two attached hydrogens (primary N) is 1. The number of nitrogens with zero attached hydrogens (tertiary/aromatic N) is 3. The van der Waals surface area contributed by atoms with Crippen LogP contribution in [0.15, 0.2) is 33.8 Å². The van der Waals surface area contributed by atoms with Gasteiger partial charge in [-0.3, -0.25) is 4.99 Å². The van der Waals surface area contributed by atoms with Crippen molar-refractivity contribution in [2.45, 2.75) is 32.7 Å². The van der Waals surface area contributed by atoms with E-state index in [1.807, 2.05) is 32.9 Å². The largest absolute Gasteiger partial charge is 0.370 e. The van der Waals surface area contributed by atoms with Gasteiger partial charge in [-0.05, 0) is 45.0 Å². The van der Waals surface area contributed by atoms with Crippen LogP contribution < -0.4 is 11.1 Å². The molecule has 0 aliphatic carbocycles. The third kappa shape index (κ3) is 6.74. The first-order valence-corrected chi connectivity index (χ1v) is 7.38. The highest BCUT2D eigenvalue weighted by Crippen LogP contribution is 2.18. The van der Waals surface area contributed by atoms with Crippen molar-refractivity contribution < 1.29 is 4.52 Å². The highest BCUT2D eigenvalue weighted by Gasteiger charge is 2.10. The van der Waals surface area contributed by atoms with E-state index < -0.39 is 0 Å². The maximum Gasteiger partial charge on any atom is 0.228 e. The lowest BCUT2D eigenvalue weighted by Crippen LogP contribution is -2.45. The number of hydrogen-bond donors (Lipinski definition) is 2. The molecule has 0 bridgehead atoms. The van der Waals surface area contributed by atoms with E-state index in [1.165, 1.54) is 0 Å². The molecule has 126 valence electrons. The van der Waals surface area contributed by atoms with E-state index in [9.17, 15) is 0 Å². The number of hydrogen-bond acceptors (Lipinski definition) is 4. The Hall–Kier alpha value is -1.35. The van der Waals surface area contributed by atoms with Crippen molar-refractivity contribution in [3.8, 4) is 11.4 Å². The molecule has 0 unspecified atom stereocenters. The molecule has 2 aromatic rings. The van der Waals surface area contributed by atoms with Crippen LogP contribution in [-0.2, 0) is 6.42 Å². The van der Waals surface area contributed by atoms with Gasteiger partial charge in [0.2, 0.25) is 11.7 Å². The Bertz CT molecular complexity index is 649. The predicted octanol–water partition coefficient (Wildman–Crippen LogP) is 3.25. The molecule has 0 amide bonds. The van der Waals surface area contributed by atoms with Crippen molar-refractivity contribution in [2.24, 2.45) is 10.7 Å². The molecule has 23 heavy (non-hydrogen) atoms. The van der Waals surface area contributed by atoms with E-state index in [0.29, 0.717) is 35.7 Å². The normalized spacial score (nSPS) is 11.9. The monoisotopic (exact) mass is 449 g/mol. The molecule has 2 rings (SSSR count). The molecular weight excluding hydrogens is 429 g/mol. The maximum absolute atomic E-state index is 5.85. The fourth-order valence-electron chi connectivity index (χ4n) is 1.77. The van der Waals surface area contributed by atoms with Crippen molar-refractivity contribution in [3.05, 3.63) is 35.2 Å². The van der Waals surface area contributed by atoms with Crippen LogP contribution in [0.5, 0.6) is 0 Å². The Morgan fingerprint density at radius 1 is 1.30 bits per heavy atom. The number of aliphatic imine (C=N–C) groups is 1. The van der Waals surface area contributed by atoms with Gasteiger partial charge in [0, 0.05) is 22.5 Å². The quantitative estimate of drug-likeness (QED) is 0.425. The summed E-state index contributed by atoms with van der Waals surface area (Å²) in [6.07, 6.45) is 0.535. The van der Waals surface area contributed by atoms with Crippen molar-refractivity contribution in [2.75, 3.05) is 6.54 Å². The Kier molecular flexibility index (Phi) is 7.27. The lowest BCUT2D eigenvalue weighted by atomic mass is 10.1. The summed E-state index contributed by atoms with van der Waals surface area (Å²) in [6, 6.07) is 7.27. The molecule has 8 heteroatoms. The third-order valence-electron chi connectivity index (χ3n) is 2.68. The molecule has 0 radical (unpaired) electrons. The molecule has 0 aliphatic heterocycles. The summed E-state index contributed by atoms with van der Waals surface area (Å²) < 4.78 is 5.21. The summed E-state index contributed by atoms with van der Waals surface area (Å²) in [5.41, 5.74) is 6.54. The van der Waals surface area contributed by atoms with Crippen LogP contribution in [0.2, 0.25) is 5.02 Å². The van der Waals surface area contributed by atoms with Gasteiger partial charge in [-0.15, -0.1) is 24.0 Å². The summed E-state index contributed by atoms with van der Waals surface area (Å²) >= 11 is 5.85. The molecule has 0 spiro atoms. The van der Waals surface area contributed by atoms with Gasteiger partial charge in [0.15, 0.2) is 5.96 Å². The summed E-state index contributed by atoms with van der Waals surface area (Å²) in [5, 5.41) is 7.71. The van der Waals surface area contributed by atoms with Gasteiger partial charge in [0.05, 0.1) is 6.54 Å². The minimum Gasteiger partial charge on any atom is -0.370 e. The van der Waals surface area contributed by atoms with E-state index in [1.54, 1.807) is 12.1 Å². The molecule has 1 aromatic carbocycles. The zero-order chi connectivity index (χ0) is 16.2. The Morgan fingerprint density at radius 2 is 1.96 bits per heavy atom. The van der Waals surface area contributed by atoms with Crippen LogP contribution >= 0.6 is 35.6 Å². The number of nitrogens with one attached hydrogen (secondary N) is 1. The van der Waals surface area contributed by atoms with Crippen molar-refractivity contribution in [3.63, 3.8) is 0 Å². The molecule has 6 nitrogen and oxygen atoms in total. The van der Waals surface area contributed by atoms with E-state index >= 15 is 0 Å². The van der Waals surface area contributed by atoms with Gasteiger partial charge < -0.3 is 15.6 Å². The topological polar surface area (TPSA) is 89.3 Å². The predicted molar refractivity (Wildman–Crippen MR) is 103 cm³/mol. The first kappa shape index (κ1) is 19.7. The van der Waals surface area contributed by atoms with Gasteiger partial charge in [-0.2, -0.15) is 4.98 Å². The van der Waals surface area contributed by atoms with Crippen LogP contribution in [0.4, 0.5) is 0 Å². The van der Waals surface area contributed by atoms with Gasteiger partial charge in [0.25, 0.3) is 0 Å². The zero-order valence-corrected chi connectivity index (χ0v) is 16.4. The van der Waals surface area contributed by atoms with E-state index in [-0.39, 0.29) is 29.5 Å². The minimum atomic E-state index is -0.111. The fourth-order valence-corrected chi connectivity index (χ4v) is 1.89. The van der Waals surface area contributed by atoms with Crippen molar-refractivity contribution >= 4 is 41.5 Å². The average Bonchev–Trinajstić information content (AvgIpc) is 2.86. The van der Waals surface area contributed by atoms with Crippen LogP contribution in [-0.4, -0.2) is 28.2 Å². The van der Waals surface area contributed by atoms with Gasteiger partial charge in [0.1, 0.15) is 0 Å². The standard InChI is InChI=1S/C15H20ClN5O.HI/c1-15(2,3)20-14(17)18-9-8-12-19-13(21-22-12)10-4-6-11(16)7-5-10;/h4-7H,8-9H2,1-3H3,(H3,17,18,20);1H. The Labute approximate surface area is 157 Å². The summed E-state index contributed by atoms with van der Waals surface area (Å²) in [5.74, 6) is 1.47.